The molecule has 1 saturated carbocycles. The zero-order valence-corrected chi connectivity index (χ0v) is 17.5. The van der Waals surface area contributed by atoms with E-state index in [-0.39, 0.29) is 18.6 Å². The summed E-state index contributed by atoms with van der Waals surface area (Å²) < 4.78 is 17.2. The molecule has 1 N–H and O–H groups in total. The fourth-order valence-corrected chi connectivity index (χ4v) is 5.42. The van der Waals surface area contributed by atoms with Gasteiger partial charge < -0.3 is 19.3 Å². The van der Waals surface area contributed by atoms with Crippen molar-refractivity contribution < 1.29 is 19.3 Å². The summed E-state index contributed by atoms with van der Waals surface area (Å²) >= 11 is 0. The molecule has 1 aromatic carbocycles. The lowest BCUT2D eigenvalue weighted by atomic mass is 9.63. The van der Waals surface area contributed by atoms with Crippen LogP contribution in [0.15, 0.2) is 36.7 Å². The van der Waals surface area contributed by atoms with Crippen LogP contribution in [0.5, 0.6) is 17.2 Å². The maximum Gasteiger partial charge on any atom is 0.231 e. The predicted octanol–water partition coefficient (Wildman–Crippen LogP) is 3.72. The van der Waals surface area contributed by atoms with Gasteiger partial charge >= 0.3 is 0 Å². The van der Waals surface area contributed by atoms with E-state index in [9.17, 15) is 5.11 Å². The van der Waals surface area contributed by atoms with Crippen molar-refractivity contribution in [1.82, 2.24) is 9.88 Å². The van der Waals surface area contributed by atoms with E-state index in [1.807, 2.05) is 24.4 Å². The van der Waals surface area contributed by atoms with Gasteiger partial charge in [0.2, 0.25) is 6.79 Å². The molecule has 2 fully saturated rings. The summed E-state index contributed by atoms with van der Waals surface area (Å²) in [6.45, 7) is 5.56. The van der Waals surface area contributed by atoms with Gasteiger partial charge in [0.25, 0.3) is 0 Å². The Bertz CT molecular complexity index is 874. The Labute approximate surface area is 177 Å². The summed E-state index contributed by atoms with van der Waals surface area (Å²) in [5, 5.41) is 11.8. The first-order valence-corrected chi connectivity index (χ1v) is 11.1. The summed E-state index contributed by atoms with van der Waals surface area (Å²) in [7, 11) is 0. The minimum absolute atomic E-state index is 0.211. The van der Waals surface area contributed by atoms with Crippen LogP contribution in [-0.4, -0.2) is 41.5 Å². The highest BCUT2D eigenvalue weighted by Gasteiger charge is 2.51. The van der Waals surface area contributed by atoms with Crippen LogP contribution in [0.25, 0.3) is 0 Å². The molecule has 2 atom stereocenters. The molecule has 1 aromatic heterocycles. The van der Waals surface area contributed by atoms with Crippen LogP contribution in [-0.2, 0) is 12.1 Å². The quantitative estimate of drug-likeness (QED) is 0.783. The monoisotopic (exact) mass is 410 g/mol. The summed E-state index contributed by atoms with van der Waals surface area (Å²) in [4.78, 5) is 6.74. The second-order valence-electron chi connectivity index (χ2n) is 8.75. The number of likely N-dealkylation sites (tertiary alicyclic amines) is 1. The Kier molecular flexibility index (Phi) is 5.29. The molecule has 2 unspecified atom stereocenters. The van der Waals surface area contributed by atoms with E-state index in [2.05, 4.69) is 22.9 Å². The molecular formula is C24H30N2O4. The van der Waals surface area contributed by atoms with E-state index in [1.165, 1.54) is 6.42 Å². The number of hydrogen-bond acceptors (Lipinski definition) is 6. The molecule has 0 spiro atoms. The number of piperidine rings is 1. The second kappa shape index (κ2) is 8.08. The largest absolute Gasteiger partial charge is 0.493 e. The van der Waals surface area contributed by atoms with Gasteiger partial charge in [0, 0.05) is 61.1 Å². The van der Waals surface area contributed by atoms with Gasteiger partial charge in [-0.2, -0.15) is 0 Å². The Balaban J connectivity index is 1.39. The van der Waals surface area contributed by atoms with Gasteiger partial charge in [-0.25, -0.2) is 0 Å². The third-order valence-corrected chi connectivity index (χ3v) is 6.84. The number of rotatable bonds is 6. The van der Waals surface area contributed by atoms with Gasteiger partial charge in [-0.1, -0.05) is 19.4 Å². The molecule has 6 nitrogen and oxygen atoms in total. The Morgan fingerprint density at radius 3 is 2.67 bits per heavy atom. The number of aliphatic hydroxyl groups is 1. The van der Waals surface area contributed by atoms with Crippen LogP contribution in [0.1, 0.15) is 43.7 Å². The molecule has 2 aliphatic heterocycles. The lowest BCUT2D eigenvalue weighted by Crippen LogP contribution is -2.57. The SMILES string of the molecule is CCCOc1cc2c(cc1CN1CC3CCCC(C1)C3(O)c1cccnc1)OCO2. The van der Waals surface area contributed by atoms with Gasteiger partial charge in [0.1, 0.15) is 5.75 Å². The van der Waals surface area contributed by atoms with Crippen LogP contribution in [0, 0.1) is 11.8 Å². The highest BCUT2D eigenvalue weighted by atomic mass is 16.7. The van der Waals surface area contributed by atoms with Crippen molar-refractivity contribution in [3.05, 3.63) is 47.8 Å². The van der Waals surface area contributed by atoms with Crippen molar-refractivity contribution in [1.29, 1.82) is 0 Å². The van der Waals surface area contributed by atoms with Crippen LogP contribution in [0.2, 0.25) is 0 Å². The minimum atomic E-state index is -0.778. The third kappa shape index (κ3) is 3.42. The Morgan fingerprint density at radius 2 is 1.97 bits per heavy atom. The second-order valence-corrected chi connectivity index (χ2v) is 8.75. The zero-order chi connectivity index (χ0) is 20.6. The zero-order valence-electron chi connectivity index (χ0n) is 17.5. The number of benzene rings is 1. The third-order valence-electron chi connectivity index (χ3n) is 6.84. The minimum Gasteiger partial charge on any atom is -0.493 e. The Hall–Kier alpha value is -2.31. The molecule has 0 radical (unpaired) electrons. The van der Waals surface area contributed by atoms with Gasteiger partial charge in [-0.15, -0.1) is 0 Å². The van der Waals surface area contributed by atoms with Crippen molar-refractivity contribution in [2.24, 2.45) is 11.8 Å². The average molecular weight is 411 g/mol. The van der Waals surface area contributed by atoms with Gasteiger partial charge in [-0.3, -0.25) is 9.88 Å². The standard InChI is InChI=1S/C24H30N2O4/c1-2-9-28-21-11-23-22(29-16-30-23)10-17(21)13-26-14-19-5-3-6-20(15-26)24(19,27)18-7-4-8-25-12-18/h4,7-8,10-12,19-20,27H,2-3,5-6,9,13-16H2,1H3. The number of nitrogens with zero attached hydrogens (tertiary/aromatic N) is 2. The van der Waals surface area contributed by atoms with E-state index < -0.39 is 5.60 Å². The molecule has 2 aromatic rings. The molecule has 1 aliphatic carbocycles. The first-order chi connectivity index (χ1) is 14.7. The fraction of sp³-hybridized carbons (Fsp3) is 0.542. The van der Waals surface area contributed by atoms with E-state index in [1.54, 1.807) is 6.20 Å². The molecule has 3 heterocycles. The summed E-state index contributed by atoms with van der Waals surface area (Å²) in [5.41, 5.74) is 1.31. The van der Waals surface area contributed by atoms with Crippen LogP contribution >= 0.6 is 0 Å². The first kappa shape index (κ1) is 19.6. The smallest absolute Gasteiger partial charge is 0.231 e. The van der Waals surface area contributed by atoms with Crippen molar-refractivity contribution in [2.45, 2.75) is 44.8 Å². The first-order valence-electron chi connectivity index (χ1n) is 11.1. The van der Waals surface area contributed by atoms with Crippen LogP contribution in [0.3, 0.4) is 0 Å². The highest BCUT2D eigenvalue weighted by Crippen LogP contribution is 2.49. The molecule has 6 heteroatoms. The lowest BCUT2D eigenvalue weighted by Gasteiger charge is -2.53. The number of hydrogen-bond donors (Lipinski definition) is 1. The van der Waals surface area contributed by atoms with Crippen molar-refractivity contribution >= 4 is 0 Å². The van der Waals surface area contributed by atoms with E-state index in [0.29, 0.717) is 6.61 Å². The predicted molar refractivity (Wildman–Crippen MR) is 113 cm³/mol. The average Bonchev–Trinajstić information content (AvgIpc) is 3.20. The molecule has 0 amide bonds. The Morgan fingerprint density at radius 1 is 1.20 bits per heavy atom. The molecule has 1 saturated heterocycles. The topological polar surface area (TPSA) is 64.1 Å². The van der Waals surface area contributed by atoms with Crippen molar-refractivity contribution in [3.8, 4) is 17.2 Å². The van der Waals surface area contributed by atoms with Crippen molar-refractivity contribution in [2.75, 3.05) is 26.5 Å². The number of ether oxygens (including phenoxy) is 3. The summed E-state index contributed by atoms with van der Waals surface area (Å²) in [6.07, 6.45) is 7.84. The molecule has 3 aliphatic rings. The van der Waals surface area contributed by atoms with Crippen LogP contribution in [0.4, 0.5) is 0 Å². The molecule has 160 valence electrons. The van der Waals surface area contributed by atoms with Crippen molar-refractivity contribution in [3.63, 3.8) is 0 Å². The lowest BCUT2D eigenvalue weighted by molar-refractivity contribution is -0.148. The number of fused-ring (bicyclic) bond motifs is 3. The molecule has 30 heavy (non-hydrogen) atoms. The normalized spacial score (nSPS) is 27.8. The number of aromatic nitrogens is 1. The molecular weight excluding hydrogens is 380 g/mol. The summed E-state index contributed by atoms with van der Waals surface area (Å²) in [6, 6.07) is 7.98. The maximum absolute atomic E-state index is 11.8. The van der Waals surface area contributed by atoms with Crippen LogP contribution < -0.4 is 14.2 Å². The van der Waals surface area contributed by atoms with E-state index in [4.69, 9.17) is 14.2 Å². The van der Waals surface area contributed by atoms with E-state index >= 15 is 0 Å². The summed E-state index contributed by atoms with van der Waals surface area (Å²) in [5.74, 6) is 2.84. The maximum atomic E-state index is 11.8. The molecule has 5 rings (SSSR count). The molecule has 2 bridgehead atoms. The highest BCUT2D eigenvalue weighted by molar-refractivity contribution is 5.52. The number of pyridine rings is 1. The van der Waals surface area contributed by atoms with Gasteiger partial charge in [0.15, 0.2) is 11.5 Å². The van der Waals surface area contributed by atoms with Gasteiger partial charge in [0.05, 0.1) is 12.2 Å². The van der Waals surface area contributed by atoms with E-state index in [0.717, 1.165) is 67.3 Å². The fourth-order valence-electron chi connectivity index (χ4n) is 5.42. The van der Waals surface area contributed by atoms with Gasteiger partial charge in [-0.05, 0) is 31.4 Å².